The Morgan fingerprint density at radius 3 is 2.96 bits per heavy atom. The molecule has 0 aromatic carbocycles. The number of fused-ring (bicyclic) bond motifs is 1. The van der Waals surface area contributed by atoms with Gasteiger partial charge in [0, 0.05) is 44.0 Å². The van der Waals surface area contributed by atoms with Gasteiger partial charge < -0.3 is 10.2 Å². The SMILES string of the molecule is Cn1nc(C(=O)N2CCCCC2)c2c1CCC(NCc1ccsc1)C2. The summed E-state index contributed by atoms with van der Waals surface area (Å²) in [5.74, 6) is 0.134. The van der Waals surface area contributed by atoms with Gasteiger partial charge >= 0.3 is 0 Å². The van der Waals surface area contributed by atoms with Crippen LogP contribution in [0.5, 0.6) is 0 Å². The molecule has 6 heteroatoms. The van der Waals surface area contributed by atoms with Crippen molar-refractivity contribution in [2.45, 2.75) is 51.1 Å². The maximum Gasteiger partial charge on any atom is 0.274 e. The summed E-state index contributed by atoms with van der Waals surface area (Å²) in [6.07, 6.45) is 6.47. The lowest BCUT2D eigenvalue weighted by molar-refractivity contribution is 0.0716. The first-order valence-electron chi connectivity index (χ1n) is 9.31. The second kappa shape index (κ2) is 7.30. The van der Waals surface area contributed by atoms with Crippen LogP contribution in [0, 0.1) is 0 Å². The highest BCUT2D eigenvalue weighted by Gasteiger charge is 2.30. The highest BCUT2D eigenvalue weighted by molar-refractivity contribution is 7.07. The Bertz CT molecular complexity index is 731. The molecule has 134 valence electrons. The van der Waals surface area contributed by atoms with Crippen molar-refractivity contribution in [3.8, 4) is 0 Å². The lowest BCUT2D eigenvalue weighted by atomic mass is 9.91. The molecule has 1 atom stereocenters. The van der Waals surface area contributed by atoms with Crippen LogP contribution in [0.1, 0.15) is 53.0 Å². The van der Waals surface area contributed by atoms with E-state index in [2.05, 4.69) is 27.2 Å². The van der Waals surface area contributed by atoms with Gasteiger partial charge in [0.25, 0.3) is 5.91 Å². The number of nitrogens with one attached hydrogen (secondary N) is 1. The van der Waals surface area contributed by atoms with Gasteiger partial charge in [0.2, 0.25) is 0 Å². The van der Waals surface area contributed by atoms with Gasteiger partial charge in [0.1, 0.15) is 0 Å². The van der Waals surface area contributed by atoms with Crippen LogP contribution in [-0.2, 0) is 26.4 Å². The average molecular weight is 359 g/mol. The lowest BCUT2D eigenvalue weighted by Crippen LogP contribution is -2.38. The molecule has 1 fully saturated rings. The van der Waals surface area contributed by atoms with Crippen LogP contribution in [0.3, 0.4) is 0 Å². The van der Waals surface area contributed by atoms with Crippen LogP contribution in [0.2, 0.25) is 0 Å². The van der Waals surface area contributed by atoms with Crippen molar-refractivity contribution in [2.24, 2.45) is 7.05 Å². The zero-order chi connectivity index (χ0) is 17.2. The third-order valence-corrected chi connectivity index (χ3v) is 6.21. The van der Waals surface area contributed by atoms with E-state index in [0.29, 0.717) is 11.7 Å². The molecule has 2 aromatic heterocycles. The van der Waals surface area contributed by atoms with Crippen LogP contribution in [0.25, 0.3) is 0 Å². The Labute approximate surface area is 153 Å². The molecule has 25 heavy (non-hydrogen) atoms. The molecule has 0 saturated carbocycles. The van der Waals surface area contributed by atoms with Gasteiger partial charge in [-0.2, -0.15) is 16.4 Å². The highest BCUT2D eigenvalue weighted by atomic mass is 32.1. The van der Waals surface area contributed by atoms with Crippen LogP contribution in [0.4, 0.5) is 0 Å². The summed E-state index contributed by atoms with van der Waals surface area (Å²) in [4.78, 5) is 15.0. The van der Waals surface area contributed by atoms with Crippen LogP contribution < -0.4 is 5.32 Å². The molecule has 1 amide bonds. The number of aromatic nitrogens is 2. The molecule has 1 aliphatic carbocycles. The van der Waals surface area contributed by atoms with Crippen LogP contribution in [-0.4, -0.2) is 39.7 Å². The molecule has 0 spiro atoms. The number of likely N-dealkylation sites (tertiary alicyclic amines) is 1. The first kappa shape index (κ1) is 16.8. The van der Waals surface area contributed by atoms with E-state index in [9.17, 15) is 4.79 Å². The summed E-state index contributed by atoms with van der Waals surface area (Å²) in [6.45, 7) is 2.66. The second-order valence-electron chi connectivity index (χ2n) is 7.20. The number of nitrogens with zero attached hydrogens (tertiary/aromatic N) is 3. The molecular formula is C19H26N4OS. The van der Waals surface area contributed by atoms with E-state index in [1.807, 2.05) is 16.6 Å². The molecule has 5 nitrogen and oxygen atoms in total. The fourth-order valence-electron chi connectivity index (χ4n) is 4.04. The minimum Gasteiger partial charge on any atom is -0.337 e. The normalized spacial score (nSPS) is 20.5. The van der Waals surface area contributed by atoms with E-state index in [1.165, 1.54) is 23.2 Å². The molecule has 2 aromatic rings. The summed E-state index contributed by atoms with van der Waals surface area (Å²) in [6, 6.07) is 2.59. The van der Waals surface area contributed by atoms with E-state index in [4.69, 9.17) is 0 Å². The number of rotatable bonds is 4. The topological polar surface area (TPSA) is 50.2 Å². The zero-order valence-corrected chi connectivity index (χ0v) is 15.6. The van der Waals surface area contributed by atoms with Gasteiger partial charge in [0.05, 0.1) is 0 Å². The second-order valence-corrected chi connectivity index (χ2v) is 7.98. The molecule has 0 radical (unpaired) electrons. The third-order valence-electron chi connectivity index (χ3n) is 5.48. The van der Waals surface area contributed by atoms with Gasteiger partial charge in [0.15, 0.2) is 5.69 Å². The Morgan fingerprint density at radius 2 is 2.20 bits per heavy atom. The predicted molar refractivity (Wildman–Crippen MR) is 99.9 cm³/mol. The summed E-state index contributed by atoms with van der Waals surface area (Å²) < 4.78 is 1.93. The van der Waals surface area contributed by atoms with Crippen molar-refractivity contribution in [1.29, 1.82) is 0 Å². The van der Waals surface area contributed by atoms with Crippen molar-refractivity contribution in [3.63, 3.8) is 0 Å². The minimum atomic E-state index is 0.134. The molecular weight excluding hydrogens is 332 g/mol. The van der Waals surface area contributed by atoms with E-state index < -0.39 is 0 Å². The van der Waals surface area contributed by atoms with Gasteiger partial charge in [-0.15, -0.1) is 0 Å². The number of piperidine rings is 1. The third kappa shape index (κ3) is 3.51. The number of hydrogen-bond donors (Lipinski definition) is 1. The minimum absolute atomic E-state index is 0.134. The predicted octanol–water partition coefficient (Wildman–Crippen LogP) is 2.75. The smallest absolute Gasteiger partial charge is 0.274 e. The molecule has 1 N–H and O–H groups in total. The molecule has 1 unspecified atom stereocenters. The number of carbonyl (C=O) groups excluding carboxylic acids is 1. The lowest BCUT2D eigenvalue weighted by Gasteiger charge is -2.27. The van der Waals surface area contributed by atoms with Crippen LogP contribution in [0.15, 0.2) is 16.8 Å². The maximum atomic E-state index is 13.0. The van der Waals surface area contributed by atoms with Gasteiger partial charge in [-0.05, 0) is 60.9 Å². The highest BCUT2D eigenvalue weighted by Crippen LogP contribution is 2.26. The maximum absolute atomic E-state index is 13.0. The number of hydrogen-bond acceptors (Lipinski definition) is 4. The van der Waals surface area contributed by atoms with E-state index in [-0.39, 0.29) is 5.91 Å². The van der Waals surface area contributed by atoms with Gasteiger partial charge in [-0.25, -0.2) is 0 Å². The number of carbonyl (C=O) groups is 1. The molecule has 1 aliphatic heterocycles. The largest absolute Gasteiger partial charge is 0.337 e. The first-order chi connectivity index (χ1) is 12.2. The zero-order valence-electron chi connectivity index (χ0n) is 14.8. The fraction of sp³-hybridized carbons (Fsp3) is 0.579. The monoisotopic (exact) mass is 358 g/mol. The van der Waals surface area contributed by atoms with E-state index >= 15 is 0 Å². The summed E-state index contributed by atoms with van der Waals surface area (Å²) >= 11 is 1.74. The Kier molecular flexibility index (Phi) is 4.90. The van der Waals surface area contributed by atoms with Crippen molar-refractivity contribution < 1.29 is 4.79 Å². The van der Waals surface area contributed by atoms with Gasteiger partial charge in [-0.1, -0.05) is 0 Å². The van der Waals surface area contributed by atoms with Crippen molar-refractivity contribution in [1.82, 2.24) is 20.0 Å². The summed E-state index contributed by atoms with van der Waals surface area (Å²) in [5, 5.41) is 12.6. The van der Waals surface area contributed by atoms with Crippen LogP contribution >= 0.6 is 11.3 Å². The Hall–Kier alpha value is -1.66. The summed E-state index contributed by atoms with van der Waals surface area (Å²) in [5.41, 5.74) is 4.45. The molecule has 2 aliphatic rings. The Morgan fingerprint density at radius 1 is 1.36 bits per heavy atom. The molecule has 0 bridgehead atoms. The van der Waals surface area contributed by atoms with E-state index in [1.54, 1.807) is 11.3 Å². The van der Waals surface area contributed by atoms with Gasteiger partial charge in [-0.3, -0.25) is 9.48 Å². The number of amides is 1. The van der Waals surface area contributed by atoms with Crippen molar-refractivity contribution in [2.75, 3.05) is 13.1 Å². The van der Waals surface area contributed by atoms with E-state index in [0.717, 1.165) is 51.7 Å². The quantitative estimate of drug-likeness (QED) is 0.914. The first-order valence-corrected chi connectivity index (χ1v) is 10.2. The van der Waals surface area contributed by atoms with Crippen molar-refractivity contribution in [3.05, 3.63) is 39.3 Å². The van der Waals surface area contributed by atoms with Crippen molar-refractivity contribution >= 4 is 17.2 Å². The Balaban J connectivity index is 1.49. The molecule has 1 saturated heterocycles. The number of aryl methyl sites for hydroxylation is 1. The number of thiophene rings is 1. The average Bonchev–Trinajstić information content (AvgIpc) is 3.28. The molecule has 4 rings (SSSR count). The molecule has 3 heterocycles. The standard InChI is InChI=1S/C19H26N4OS/c1-22-17-6-5-15(20-12-14-7-10-25-13-14)11-16(17)18(21-22)19(24)23-8-3-2-4-9-23/h7,10,13,15,20H,2-6,8-9,11-12H2,1H3. The fourth-order valence-corrected chi connectivity index (χ4v) is 4.71. The summed E-state index contributed by atoms with van der Waals surface area (Å²) in [7, 11) is 1.98.